The summed E-state index contributed by atoms with van der Waals surface area (Å²) in [5.41, 5.74) is 0. The van der Waals surface area contributed by atoms with E-state index in [2.05, 4.69) is 24.1 Å². The lowest BCUT2D eigenvalue weighted by atomic mass is 10.1. The minimum Gasteiger partial charge on any atom is -0.195 e. The second-order valence-electron chi connectivity index (χ2n) is 2.86. The van der Waals surface area contributed by atoms with Gasteiger partial charge in [-0.1, -0.05) is 13.8 Å². The van der Waals surface area contributed by atoms with Gasteiger partial charge in [0.1, 0.15) is 0 Å². The van der Waals surface area contributed by atoms with Gasteiger partial charge in [-0.05, 0) is 25.7 Å². The van der Waals surface area contributed by atoms with Crippen LogP contribution in [0, 0.1) is 5.92 Å². The molecule has 0 heterocycles. The lowest BCUT2D eigenvalue weighted by Gasteiger charge is -1.99. The average molecular weight is 142 g/mol. The SMILES string of the molecule is CC/N=N/CCCC(C)C. The third-order valence-electron chi connectivity index (χ3n) is 1.28. The molecule has 60 valence electrons. The number of rotatable bonds is 5. The van der Waals surface area contributed by atoms with Gasteiger partial charge in [0, 0.05) is 0 Å². The summed E-state index contributed by atoms with van der Waals surface area (Å²) >= 11 is 0. The third-order valence-corrected chi connectivity index (χ3v) is 1.28. The summed E-state index contributed by atoms with van der Waals surface area (Å²) in [6.07, 6.45) is 2.45. The van der Waals surface area contributed by atoms with Crippen LogP contribution < -0.4 is 0 Å². The van der Waals surface area contributed by atoms with Crippen molar-refractivity contribution >= 4 is 0 Å². The van der Waals surface area contributed by atoms with Crippen LogP contribution in [0.25, 0.3) is 0 Å². The first-order chi connectivity index (χ1) is 4.77. The van der Waals surface area contributed by atoms with E-state index in [1.807, 2.05) is 6.92 Å². The molecule has 0 spiro atoms. The predicted molar refractivity (Wildman–Crippen MR) is 44.3 cm³/mol. The first kappa shape index (κ1) is 9.60. The van der Waals surface area contributed by atoms with Crippen LogP contribution in [0.3, 0.4) is 0 Å². The number of azo groups is 1. The average Bonchev–Trinajstić information content (AvgIpc) is 1.87. The molecule has 0 amide bonds. The van der Waals surface area contributed by atoms with Crippen LogP contribution in [0.15, 0.2) is 10.2 Å². The summed E-state index contributed by atoms with van der Waals surface area (Å²) in [4.78, 5) is 0. The molecule has 0 aromatic carbocycles. The first-order valence-electron chi connectivity index (χ1n) is 4.10. The molecule has 0 aromatic rings. The van der Waals surface area contributed by atoms with Gasteiger partial charge in [-0.25, -0.2) is 0 Å². The van der Waals surface area contributed by atoms with E-state index < -0.39 is 0 Å². The van der Waals surface area contributed by atoms with Crippen LogP contribution in [-0.4, -0.2) is 13.1 Å². The van der Waals surface area contributed by atoms with Crippen molar-refractivity contribution in [3.8, 4) is 0 Å². The minimum atomic E-state index is 0.803. The monoisotopic (exact) mass is 142 g/mol. The molecule has 0 bridgehead atoms. The van der Waals surface area contributed by atoms with Gasteiger partial charge >= 0.3 is 0 Å². The number of nitrogens with zero attached hydrogens (tertiary/aromatic N) is 2. The van der Waals surface area contributed by atoms with Crippen molar-refractivity contribution in [1.82, 2.24) is 0 Å². The molecule has 0 aromatic heterocycles. The smallest absolute Gasteiger partial charge is 0.0599 e. The van der Waals surface area contributed by atoms with Crippen LogP contribution in [0.1, 0.15) is 33.6 Å². The van der Waals surface area contributed by atoms with E-state index in [-0.39, 0.29) is 0 Å². The third kappa shape index (κ3) is 7.60. The van der Waals surface area contributed by atoms with E-state index in [1.54, 1.807) is 0 Å². The Balaban J connectivity index is 2.97. The first-order valence-corrected chi connectivity index (χ1v) is 4.10. The Labute approximate surface area is 63.7 Å². The highest BCUT2D eigenvalue weighted by molar-refractivity contribution is 4.47. The van der Waals surface area contributed by atoms with Gasteiger partial charge in [0.05, 0.1) is 13.1 Å². The molecule has 2 nitrogen and oxygen atoms in total. The van der Waals surface area contributed by atoms with E-state index in [4.69, 9.17) is 0 Å². The number of hydrogen-bond acceptors (Lipinski definition) is 2. The molecule has 0 fully saturated rings. The molecule has 10 heavy (non-hydrogen) atoms. The molecule has 0 saturated heterocycles. The highest BCUT2D eigenvalue weighted by Crippen LogP contribution is 2.02. The highest BCUT2D eigenvalue weighted by atomic mass is 15.1. The van der Waals surface area contributed by atoms with Gasteiger partial charge in [0.2, 0.25) is 0 Å². The Morgan fingerprint density at radius 2 is 1.90 bits per heavy atom. The van der Waals surface area contributed by atoms with E-state index in [0.717, 1.165) is 19.0 Å². The summed E-state index contributed by atoms with van der Waals surface area (Å²) in [7, 11) is 0. The van der Waals surface area contributed by atoms with Crippen LogP contribution in [0.4, 0.5) is 0 Å². The summed E-state index contributed by atoms with van der Waals surface area (Å²) in [6, 6.07) is 0. The molecule has 0 rings (SSSR count). The Hall–Kier alpha value is -0.400. The molecule has 0 atom stereocenters. The van der Waals surface area contributed by atoms with Crippen LogP contribution in [-0.2, 0) is 0 Å². The second kappa shape index (κ2) is 6.72. The summed E-state index contributed by atoms with van der Waals surface area (Å²) in [5.74, 6) is 0.803. The van der Waals surface area contributed by atoms with E-state index in [1.165, 1.54) is 12.8 Å². The molecule has 0 saturated carbocycles. The molecule has 0 aliphatic rings. The zero-order valence-electron chi connectivity index (χ0n) is 7.30. The van der Waals surface area contributed by atoms with Gasteiger partial charge in [0.25, 0.3) is 0 Å². The molecule has 2 heteroatoms. The standard InChI is InChI=1S/C8H18N2/c1-4-9-10-7-5-6-8(2)3/h8H,4-7H2,1-3H3/b10-9+. The van der Waals surface area contributed by atoms with Gasteiger partial charge < -0.3 is 0 Å². The van der Waals surface area contributed by atoms with Gasteiger partial charge in [-0.3, -0.25) is 0 Å². The van der Waals surface area contributed by atoms with Gasteiger partial charge in [-0.15, -0.1) is 0 Å². The molecule has 0 aliphatic heterocycles. The van der Waals surface area contributed by atoms with E-state index in [9.17, 15) is 0 Å². The van der Waals surface area contributed by atoms with Crippen molar-refractivity contribution < 1.29 is 0 Å². The van der Waals surface area contributed by atoms with Crippen molar-refractivity contribution in [3.05, 3.63) is 0 Å². The van der Waals surface area contributed by atoms with Crippen molar-refractivity contribution in [1.29, 1.82) is 0 Å². The maximum Gasteiger partial charge on any atom is 0.0599 e. The zero-order chi connectivity index (χ0) is 7.82. The summed E-state index contributed by atoms with van der Waals surface area (Å²) in [6.45, 7) is 8.20. The normalized spacial score (nSPS) is 11.6. The fourth-order valence-corrected chi connectivity index (χ4v) is 0.741. The topological polar surface area (TPSA) is 24.7 Å². The van der Waals surface area contributed by atoms with E-state index >= 15 is 0 Å². The lowest BCUT2D eigenvalue weighted by Crippen LogP contribution is -1.88. The lowest BCUT2D eigenvalue weighted by molar-refractivity contribution is 0.556. The predicted octanol–water partition coefficient (Wildman–Crippen LogP) is 2.89. The van der Waals surface area contributed by atoms with Gasteiger partial charge in [-0.2, -0.15) is 10.2 Å². The molecule has 0 N–H and O–H groups in total. The number of hydrogen-bond donors (Lipinski definition) is 0. The second-order valence-corrected chi connectivity index (χ2v) is 2.86. The summed E-state index contributed by atoms with van der Waals surface area (Å²) in [5, 5.41) is 7.88. The zero-order valence-corrected chi connectivity index (χ0v) is 7.30. The maximum atomic E-state index is 3.99. The van der Waals surface area contributed by atoms with Crippen LogP contribution in [0.5, 0.6) is 0 Å². The molecule has 0 unspecified atom stereocenters. The van der Waals surface area contributed by atoms with Crippen molar-refractivity contribution in [2.75, 3.05) is 13.1 Å². The fraction of sp³-hybridized carbons (Fsp3) is 1.00. The Kier molecular flexibility index (Phi) is 6.45. The summed E-state index contributed by atoms with van der Waals surface area (Å²) < 4.78 is 0. The van der Waals surface area contributed by atoms with Crippen LogP contribution in [0.2, 0.25) is 0 Å². The highest BCUT2D eigenvalue weighted by Gasteiger charge is 1.91. The molecule has 0 aliphatic carbocycles. The Bertz CT molecular complexity index is 87.3. The van der Waals surface area contributed by atoms with Crippen molar-refractivity contribution in [2.45, 2.75) is 33.6 Å². The van der Waals surface area contributed by atoms with Crippen molar-refractivity contribution in [2.24, 2.45) is 16.1 Å². The van der Waals surface area contributed by atoms with Gasteiger partial charge in [0.15, 0.2) is 0 Å². The van der Waals surface area contributed by atoms with Crippen molar-refractivity contribution in [3.63, 3.8) is 0 Å². The fourth-order valence-electron chi connectivity index (χ4n) is 0.741. The van der Waals surface area contributed by atoms with E-state index in [0.29, 0.717) is 0 Å². The minimum absolute atomic E-state index is 0.803. The Morgan fingerprint density at radius 3 is 2.40 bits per heavy atom. The molecular formula is C8H18N2. The quantitative estimate of drug-likeness (QED) is 0.416. The van der Waals surface area contributed by atoms with Crippen LogP contribution >= 0.6 is 0 Å². The molecular weight excluding hydrogens is 124 g/mol. The molecule has 0 radical (unpaired) electrons. The largest absolute Gasteiger partial charge is 0.195 e. The maximum absolute atomic E-state index is 3.99. The Morgan fingerprint density at radius 1 is 1.20 bits per heavy atom.